The second-order valence-electron chi connectivity index (χ2n) is 6.88. The van der Waals surface area contributed by atoms with Gasteiger partial charge in [-0.2, -0.15) is 0 Å². The van der Waals surface area contributed by atoms with Crippen LogP contribution >= 0.6 is 11.6 Å². The quantitative estimate of drug-likeness (QED) is 0.654. The number of carbonyl (C=O) groups is 1. The van der Waals surface area contributed by atoms with E-state index in [2.05, 4.69) is 22.8 Å². The SMILES string of the molecule is O=C(NCCCCc1ccccc1)NC1CC(c2ccc(F)c(Cl)c2)C1. The standard InChI is InChI=1S/C21H24ClFN2O/c22-19-14-16(9-10-20(19)23)17-12-18(13-17)25-21(26)24-11-5-4-8-15-6-2-1-3-7-15/h1-3,6-7,9-10,14,17-18H,4-5,8,11-13H2,(H2,24,25,26). The summed E-state index contributed by atoms with van der Waals surface area (Å²) in [5.41, 5.74) is 2.37. The van der Waals surface area contributed by atoms with Gasteiger partial charge in [0.05, 0.1) is 5.02 Å². The van der Waals surface area contributed by atoms with E-state index in [9.17, 15) is 9.18 Å². The number of hydrogen-bond donors (Lipinski definition) is 2. The van der Waals surface area contributed by atoms with Crippen molar-refractivity contribution in [2.24, 2.45) is 0 Å². The molecule has 0 radical (unpaired) electrons. The largest absolute Gasteiger partial charge is 0.338 e. The zero-order valence-corrected chi connectivity index (χ0v) is 15.4. The number of halogens is 2. The topological polar surface area (TPSA) is 41.1 Å². The summed E-state index contributed by atoms with van der Waals surface area (Å²) in [7, 11) is 0. The normalized spacial score (nSPS) is 18.8. The summed E-state index contributed by atoms with van der Waals surface area (Å²) in [4.78, 5) is 11.9. The summed E-state index contributed by atoms with van der Waals surface area (Å²) < 4.78 is 13.2. The van der Waals surface area contributed by atoms with E-state index in [-0.39, 0.29) is 17.1 Å². The number of unbranched alkanes of at least 4 members (excludes halogenated alkanes) is 1. The summed E-state index contributed by atoms with van der Waals surface area (Å²) in [5, 5.41) is 6.07. The van der Waals surface area contributed by atoms with Crippen molar-refractivity contribution < 1.29 is 9.18 Å². The van der Waals surface area contributed by atoms with E-state index >= 15 is 0 Å². The van der Waals surface area contributed by atoms with E-state index in [0.717, 1.165) is 37.7 Å². The van der Waals surface area contributed by atoms with Crippen LogP contribution in [0.3, 0.4) is 0 Å². The summed E-state index contributed by atoms with van der Waals surface area (Å²) in [6.45, 7) is 0.683. The summed E-state index contributed by atoms with van der Waals surface area (Å²) >= 11 is 5.83. The molecular weight excluding hydrogens is 351 g/mol. The van der Waals surface area contributed by atoms with Gasteiger partial charge in [-0.25, -0.2) is 9.18 Å². The molecule has 3 rings (SSSR count). The van der Waals surface area contributed by atoms with Crippen molar-refractivity contribution in [2.45, 2.75) is 44.1 Å². The molecule has 0 bridgehead atoms. The fraction of sp³-hybridized carbons (Fsp3) is 0.381. The molecule has 0 heterocycles. The van der Waals surface area contributed by atoms with Gasteiger partial charge in [-0.3, -0.25) is 0 Å². The summed E-state index contributed by atoms with van der Waals surface area (Å²) in [6.07, 6.45) is 4.78. The number of carbonyl (C=O) groups excluding carboxylic acids is 1. The van der Waals surface area contributed by atoms with Crippen LogP contribution in [0.2, 0.25) is 5.02 Å². The van der Waals surface area contributed by atoms with Gasteiger partial charge in [-0.05, 0) is 61.3 Å². The Hall–Kier alpha value is -2.07. The molecule has 1 fully saturated rings. The third kappa shape index (κ3) is 5.21. The first-order valence-electron chi connectivity index (χ1n) is 9.15. The van der Waals surface area contributed by atoms with Gasteiger partial charge in [0.1, 0.15) is 5.82 Å². The monoisotopic (exact) mass is 374 g/mol. The zero-order valence-electron chi connectivity index (χ0n) is 14.7. The number of hydrogen-bond acceptors (Lipinski definition) is 1. The highest BCUT2D eigenvalue weighted by molar-refractivity contribution is 6.30. The Balaban J connectivity index is 1.28. The molecule has 2 amide bonds. The maximum Gasteiger partial charge on any atom is 0.315 e. The lowest BCUT2D eigenvalue weighted by Crippen LogP contribution is -2.47. The fourth-order valence-electron chi connectivity index (χ4n) is 3.31. The van der Waals surface area contributed by atoms with E-state index in [4.69, 9.17) is 11.6 Å². The van der Waals surface area contributed by atoms with Crippen LogP contribution in [0.25, 0.3) is 0 Å². The molecule has 2 aromatic rings. The molecule has 1 aliphatic carbocycles. The Morgan fingerprint density at radius 2 is 1.88 bits per heavy atom. The van der Waals surface area contributed by atoms with Crippen molar-refractivity contribution >= 4 is 17.6 Å². The number of benzene rings is 2. The lowest BCUT2D eigenvalue weighted by atomic mass is 9.76. The van der Waals surface area contributed by atoms with E-state index in [1.54, 1.807) is 12.1 Å². The second-order valence-corrected chi connectivity index (χ2v) is 7.29. The lowest BCUT2D eigenvalue weighted by molar-refractivity contribution is 0.222. The van der Waals surface area contributed by atoms with Crippen molar-refractivity contribution in [1.82, 2.24) is 10.6 Å². The minimum atomic E-state index is -0.393. The van der Waals surface area contributed by atoms with Gasteiger partial charge in [0.25, 0.3) is 0 Å². The molecule has 5 heteroatoms. The zero-order chi connectivity index (χ0) is 18.4. The maximum absolute atomic E-state index is 13.2. The average Bonchev–Trinajstić information content (AvgIpc) is 2.61. The highest BCUT2D eigenvalue weighted by Gasteiger charge is 2.31. The van der Waals surface area contributed by atoms with E-state index in [0.29, 0.717) is 12.5 Å². The number of aryl methyl sites for hydroxylation is 1. The van der Waals surface area contributed by atoms with Crippen LogP contribution < -0.4 is 10.6 Å². The molecule has 0 atom stereocenters. The molecule has 1 saturated carbocycles. The minimum absolute atomic E-state index is 0.106. The van der Waals surface area contributed by atoms with Crippen molar-refractivity contribution in [3.8, 4) is 0 Å². The van der Waals surface area contributed by atoms with E-state index in [1.807, 2.05) is 18.2 Å². The fourth-order valence-corrected chi connectivity index (χ4v) is 3.50. The smallest absolute Gasteiger partial charge is 0.315 e. The molecule has 0 unspecified atom stereocenters. The molecule has 26 heavy (non-hydrogen) atoms. The Morgan fingerprint density at radius 1 is 1.12 bits per heavy atom. The van der Waals surface area contributed by atoms with Gasteiger partial charge in [0.2, 0.25) is 0 Å². The Morgan fingerprint density at radius 3 is 2.62 bits per heavy atom. The predicted molar refractivity (Wildman–Crippen MR) is 103 cm³/mol. The van der Waals surface area contributed by atoms with Crippen molar-refractivity contribution in [3.05, 3.63) is 70.5 Å². The highest BCUT2D eigenvalue weighted by Crippen LogP contribution is 2.38. The third-order valence-electron chi connectivity index (χ3n) is 4.91. The van der Waals surface area contributed by atoms with Crippen LogP contribution in [0, 0.1) is 5.82 Å². The first kappa shape index (κ1) is 18.7. The molecule has 2 N–H and O–H groups in total. The number of amides is 2. The van der Waals surface area contributed by atoms with Crippen molar-refractivity contribution in [1.29, 1.82) is 0 Å². The Bertz CT molecular complexity index is 732. The van der Waals surface area contributed by atoms with Crippen LogP contribution in [0.15, 0.2) is 48.5 Å². The molecular formula is C21H24ClFN2O. The Labute approximate surface area is 158 Å². The van der Waals surface area contributed by atoms with Gasteiger partial charge in [0, 0.05) is 12.6 Å². The van der Waals surface area contributed by atoms with Crippen LogP contribution in [-0.2, 0) is 6.42 Å². The lowest BCUT2D eigenvalue weighted by Gasteiger charge is -2.36. The molecule has 0 saturated heterocycles. The Kier molecular flexibility index (Phi) is 6.51. The molecule has 1 aliphatic rings. The van der Waals surface area contributed by atoms with Gasteiger partial charge >= 0.3 is 6.03 Å². The molecule has 0 aromatic heterocycles. The molecule has 0 aliphatic heterocycles. The van der Waals surface area contributed by atoms with Crippen LogP contribution in [-0.4, -0.2) is 18.6 Å². The maximum atomic E-state index is 13.2. The van der Waals surface area contributed by atoms with Crippen LogP contribution in [0.5, 0.6) is 0 Å². The summed E-state index contributed by atoms with van der Waals surface area (Å²) in [5.74, 6) is -0.0553. The summed E-state index contributed by atoms with van der Waals surface area (Å²) in [6, 6.07) is 15.3. The van der Waals surface area contributed by atoms with Gasteiger partial charge in [0.15, 0.2) is 0 Å². The van der Waals surface area contributed by atoms with Gasteiger partial charge in [-0.1, -0.05) is 48.0 Å². The van der Waals surface area contributed by atoms with Crippen molar-refractivity contribution in [2.75, 3.05) is 6.54 Å². The van der Waals surface area contributed by atoms with Crippen molar-refractivity contribution in [3.63, 3.8) is 0 Å². The van der Waals surface area contributed by atoms with E-state index in [1.165, 1.54) is 11.6 Å². The molecule has 3 nitrogen and oxygen atoms in total. The van der Waals surface area contributed by atoms with Gasteiger partial charge < -0.3 is 10.6 Å². The first-order valence-corrected chi connectivity index (χ1v) is 9.53. The number of urea groups is 1. The second kappa shape index (κ2) is 9.04. The molecule has 0 spiro atoms. The third-order valence-corrected chi connectivity index (χ3v) is 5.20. The van der Waals surface area contributed by atoms with E-state index < -0.39 is 5.82 Å². The minimum Gasteiger partial charge on any atom is -0.338 e. The first-order chi connectivity index (χ1) is 12.6. The van der Waals surface area contributed by atoms with Crippen LogP contribution in [0.4, 0.5) is 9.18 Å². The predicted octanol–water partition coefficient (Wildman–Crippen LogP) is 5.05. The van der Waals surface area contributed by atoms with Crippen LogP contribution in [0.1, 0.15) is 42.7 Å². The number of rotatable bonds is 7. The molecule has 138 valence electrons. The highest BCUT2D eigenvalue weighted by atomic mass is 35.5. The molecule has 2 aromatic carbocycles. The van der Waals surface area contributed by atoms with Gasteiger partial charge in [-0.15, -0.1) is 0 Å². The number of nitrogens with one attached hydrogen (secondary N) is 2. The average molecular weight is 375 g/mol.